The van der Waals surface area contributed by atoms with E-state index in [2.05, 4.69) is 62.2 Å². The van der Waals surface area contributed by atoms with Crippen LogP contribution in [-0.2, 0) is 14.2 Å². The summed E-state index contributed by atoms with van der Waals surface area (Å²) in [7, 11) is 1.68. The second-order valence-electron chi connectivity index (χ2n) is 6.97. The molecule has 1 aliphatic heterocycles. The summed E-state index contributed by atoms with van der Waals surface area (Å²) in [4.78, 5) is 6.94. The van der Waals surface area contributed by atoms with Crippen LogP contribution in [0.25, 0.3) is 16.9 Å². The fraction of sp³-hybridized carbons (Fsp3) is 0.409. The highest BCUT2D eigenvalue weighted by molar-refractivity contribution is 5.69. The summed E-state index contributed by atoms with van der Waals surface area (Å²) in [5.41, 5.74) is 5.42. The number of methoxy groups -OCH3 is 1. The van der Waals surface area contributed by atoms with Gasteiger partial charge in [-0.1, -0.05) is 12.1 Å². The second-order valence-corrected chi connectivity index (χ2v) is 6.97. The number of rotatable bonds is 9. The highest BCUT2D eigenvalue weighted by atomic mass is 16.5. The quantitative estimate of drug-likeness (QED) is 0.561. The van der Waals surface area contributed by atoms with Crippen LogP contribution >= 0.6 is 0 Å². The van der Waals surface area contributed by atoms with Gasteiger partial charge in [0.15, 0.2) is 0 Å². The third-order valence-electron chi connectivity index (χ3n) is 5.03. The van der Waals surface area contributed by atoms with E-state index in [0.29, 0.717) is 19.8 Å². The highest BCUT2D eigenvalue weighted by Crippen LogP contribution is 2.26. The number of aromatic nitrogens is 2. The summed E-state index contributed by atoms with van der Waals surface area (Å²) in [5.74, 6) is 0. The van der Waals surface area contributed by atoms with Gasteiger partial charge in [-0.25, -0.2) is 4.98 Å². The number of anilines is 2. The van der Waals surface area contributed by atoms with Crippen molar-refractivity contribution in [1.82, 2.24) is 9.38 Å². The Morgan fingerprint density at radius 2 is 2.00 bits per heavy atom. The molecule has 1 N–H and O–H groups in total. The summed E-state index contributed by atoms with van der Waals surface area (Å²) in [6.07, 6.45) is 4.11. The lowest BCUT2D eigenvalue weighted by molar-refractivity contribution is 0.0759. The average Bonchev–Trinajstić information content (AvgIpc) is 3.20. The maximum Gasteiger partial charge on any atom is 0.137 e. The molecule has 1 aromatic carbocycles. The zero-order chi connectivity index (χ0) is 19.9. The van der Waals surface area contributed by atoms with Gasteiger partial charge in [-0.3, -0.25) is 4.40 Å². The summed E-state index contributed by atoms with van der Waals surface area (Å²) < 4.78 is 18.1. The van der Waals surface area contributed by atoms with Gasteiger partial charge in [0.1, 0.15) is 5.65 Å². The van der Waals surface area contributed by atoms with E-state index in [1.54, 1.807) is 7.11 Å². The number of morpholine rings is 1. The van der Waals surface area contributed by atoms with E-state index < -0.39 is 0 Å². The lowest BCUT2D eigenvalue weighted by Gasteiger charge is -2.28. The van der Waals surface area contributed by atoms with Gasteiger partial charge in [-0.2, -0.15) is 0 Å². The van der Waals surface area contributed by atoms with Crippen molar-refractivity contribution in [2.75, 3.05) is 70.0 Å². The smallest absolute Gasteiger partial charge is 0.137 e. The Morgan fingerprint density at radius 3 is 2.86 bits per heavy atom. The van der Waals surface area contributed by atoms with Crippen molar-refractivity contribution in [2.45, 2.75) is 0 Å². The van der Waals surface area contributed by atoms with Gasteiger partial charge in [-0.05, 0) is 24.3 Å². The highest BCUT2D eigenvalue weighted by Gasteiger charge is 2.13. The first-order valence-corrected chi connectivity index (χ1v) is 10.1. The fourth-order valence-electron chi connectivity index (χ4n) is 3.49. The number of hydrogen-bond acceptors (Lipinski definition) is 6. The van der Waals surface area contributed by atoms with Crippen LogP contribution < -0.4 is 10.2 Å². The lowest BCUT2D eigenvalue weighted by Crippen LogP contribution is -2.36. The van der Waals surface area contributed by atoms with Crippen LogP contribution in [0.3, 0.4) is 0 Å². The molecule has 2 aromatic heterocycles. The molecule has 4 rings (SSSR count). The SMILES string of the molecule is COCCOCCNc1cccc(-c2cnc3ccc(N4CCOCC4)cn23)c1. The van der Waals surface area contributed by atoms with Gasteiger partial charge in [-0.15, -0.1) is 0 Å². The summed E-state index contributed by atoms with van der Waals surface area (Å²) in [5, 5.41) is 3.42. The van der Waals surface area contributed by atoms with Gasteiger partial charge in [0.05, 0.1) is 50.6 Å². The molecule has 0 saturated carbocycles. The Morgan fingerprint density at radius 1 is 1.10 bits per heavy atom. The maximum absolute atomic E-state index is 5.51. The molecule has 0 atom stereocenters. The molecule has 1 saturated heterocycles. The largest absolute Gasteiger partial charge is 0.383 e. The molecule has 29 heavy (non-hydrogen) atoms. The third kappa shape index (κ3) is 4.87. The van der Waals surface area contributed by atoms with Crippen LogP contribution in [0.2, 0.25) is 0 Å². The predicted octanol–water partition coefficient (Wildman–Crippen LogP) is 2.91. The number of nitrogens with one attached hydrogen (secondary N) is 1. The molecule has 0 spiro atoms. The van der Waals surface area contributed by atoms with Crippen molar-refractivity contribution in [3.8, 4) is 11.3 Å². The minimum Gasteiger partial charge on any atom is -0.383 e. The van der Waals surface area contributed by atoms with Crippen molar-refractivity contribution in [1.29, 1.82) is 0 Å². The van der Waals surface area contributed by atoms with E-state index in [0.717, 1.165) is 55.4 Å². The van der Waals surface area contributed by atoms with E-state index in [4.69, 9.17) is 14.2 Å². The standard InChI is InChI=1S/C22H28N4O3/c1-27-13-14-28-10-7-23-19-4-2-3-18(15-19)21-16-24-22-6-5-20(17-26(21)22)25-8-11-29-12-9-25/h2-6,15-17,23H,7-14H2,1H3. The normalized spacial score (nSPS) is 14.4. The van der Waals surface area contributed by atoms with Crippen LogP contribution in [0, 0.1) is 0 Å². The minimum atomic E-state index is 0.617. The van der Waals surface area contributed by atoms with Crippen molar-refractivity contribution in [2.24, 2.45) is 0 Å². The van der Waals surface area contributed by atoms with Crippen LogP contribution in [-0.4, -0.2) is 69.2 Å². The number of hydrogen-bond donors (Lipinski definition) is 1. The number of fused-ring (bicyclic) bond motifs is 1. The van der Waals surface area contributed by atoms with E-state index in [-0.39, 0.29) is 0 Å². The Labute approximate surface area is 171 Å². The molecule has 1 aliphatic rings. The molecule has 0 amide bonds. The van der Waals surface area contributed by atoms with Crippen LogP contribution in [0.5, 0.6) is 0 Å². The van der Waals surface area contributed by atoms with E-state index in [9.17, 15) is 0 Å². The summed E-state index contributed by atoms with van der Waals surface area (Å²) in [6, 6.07) is 12.6. The molecule has 1 fully saturated rings. The zero-order valence-corrected chi connectivity index (χ0v) is 16.8. The van der Waals surface area contributed by atoms with Gasteiger partial charge >= 0.3 is 0 Å². The molecule has 0 unspecified atom stereocenters. The van der Waals surface area contributed by atoms with Gasteiger partial charge in [0, 0.05) is 44.2 Å². The number of pyridine rings is 1. The molecular formula is C22H28N4O3. The molecule has 3 heterocycles. The monoisotopic (exact) mass is 396 g/mol. The van der Waals surface area contributed by atoms with Crippen LogP contribution in [0.1, 0.15) is 0 Å². The first kappa shape index (κ1) is 19.7. The molecular weight excluding hydrogens is 368 g/mol. The Kier molecular flexibility index (Phi) is 6.61. The fourth-order valence-corrected chi connectivity index (χ4v) is 3.49. The molecule has 7 heteroatoms. The minimum absolute atomic E-state index is 0.617. The number of ether oxygens (including phenoxy) is 3. The first-order valence-electron chi connectivity index (χ1n) is 10.1. The lowest BCUT2D eigenvalue weighted by atomic mass is 10.1. The topological polar surface area (TPSA) is 60.3 Å². The van der Waals surface area contributed by atoms with E-state index in [1.165, 1.54) is 5.69 Å². The summed E-state index contributed by atoms with van der Waals surface area (Å²) in [6.45, 7) is 6.02. The predicted molar refractivity (Wildman–Crippen MR) is 115 cm³/mol. The van der Waals surface area contributed by atoms with Gasteiger partial charge in [0.2, 0.25) is 0 Å². The van der Waals surface area contributed by atoms with E-state index >= 15 is 0 Å². The van der Waals surface area contributed by atoms with Gasteiger partial charge < -0.3 is 24.4 Å². The molecule has 0 bridgehead atoms. The van der Waals surface area contributed by atoms with Crippen molar-refractivity contribution < 1.29 is 14.2 Å². The molecule has 3 aromatic rings. The number of imidazole rings is 1. The number of benzene rings is 1. The number of nitrogens with zero attached hydrogens (tertiary/aromatic N) is 3. The first-order chi connectivity index (χ1) is 14.3. The molecule has 154 valence electrons. The van der Waals surface area contributed by atoms with Crippen LogP contribution in [0.4, 0.5) is 11.4 Å². The molecule has 0 aliphatic carbocycles. The van der Waals surface area contributed by atoms with Crippen LogP contribution in [0.15, 0.2) is 48.8 Å². The average molecular weight is 396 g/mol. The Balaban J connectivity index is 1.49. The van der Waals surface area contributed by atoms with Crippen molar-refractivity contribution in [3.63, 3.8) is 0 Å². The van der Waals surface area contributed by atoms with Crippen molar-refractivity contribution >= 4 is 17.0 Å². The zero-order valence-electron chi connectivity index (χ0n) is 16.8. The third-order valence-corrected chi connectivity index (χ3v) is 5.03. The van der Waals surface area contributed by atoms with E-state index in [1.807, 2.05) is 6.20 Å². The second kappa shape index (κ2) is 9.73. The molecule has 0 radical (unpaired) electrons. The molecule has 7 nitrogen and oxygen atoms in total. The van der Waals surface area contributed by atoms with Gasteiger partial charge in [0.25, 0.3) is 0 Å². The Hall–Kier alpha value is -2.61. The van der Waals surface area contributed by atoms with Crippen molar-refractivity contribution in [3.05, 3.63) is 48.8 Å². The summed E-state index contributed by atoms with van der Waals surface area (Å²) >= 11 is 0. The maximum atomic E-state index is 5.51. The Bertz CT molecular complexity index is 921.